The minimum absolute atomic E-state index is 0.159. The minimum Gasteiger partial charge on any atom is -0.383 e. The SMILES string of the molecule is NC(=O)CCc1c(N)nc(C=Cc2ccccc2)nc1Cl. The Hall–Kier alpha value is -2.40. The lowest BCUT2D eigenvalue weighted by Crippen LogP contribution is -2.13. The number of rotatable bonds is 5. The zero-order valence-corrected chi connectivity index (χ0v) is 12.0. The summed E-state index contributed by atoms with van der Waals surface area (Å²) in [5.41, 5.74) is 12.5. The molecule has 0 atom stereocenters. The van der Waals surface area contributed by atoms with E-state index >= 15 is 0 Å². The van der Waals surface area contributed by atoms with Crippen molar-refractivity contribution in [2.24, 2.45) is 5.73 Å². The van der Waals surface area contributed by atoms with Gasteiger partial charge in [-0.1, -0.05) is 48.0 Å². The molecule has 0 saturated heterocycles. The molecule has 0 aliphatic rings. The van der Waals surface area contributed by atoms with E-state index in [1.54, 1.807) is 6.08 Å². The number of amides is 1. The highest BCUT2D eigenvalue weighted by Gasteiger charge is 2.10. The van der Waals surface area contributed by atoms with Gasteiger partial charge >= 0.3 is 0 Å². The van der Waals surface area contributed by atoms with Crippen LogP contribution in [0.15, 0.2) is 30.3 Å². The van der Waals surface area contributed by atoms with Gasteiger partial charge in [0, 0.05) is 12.0 Å². The molecule has 0 aliphatic heterocycles. The molecule has 0 spiro atoms. The molecule has 1 aromatic carbocycles. The largest absolute Gasteiger partial charge is 0.383 e. The average molecular weight is 303 g/mol. The van der Waals surface area contributed by atoms with Crippen molar-refractivity contribution in [1.82, 2.24) is 9.97 Å². The van der Waals surface area contributed by atoms with E-state index in [-0.39, 0.29) is 17.4 Å². The zero-order chi connectivity index (χ0) is 15.2. The standard InChI is InChI=1S/C15H15ClN4O/c16-14-11(7-8-12(17)21)15(18)20-13(19-14)9-6-10-4-2-1-3-5-10/h1-6,9H,7-8H2,(H2,17,21)(H2,18,19,20). The maximum Gasteiger partial charge on any atom is 0.217 e. The first-order valence-corrected chi connectivity index (χ1v) is 6.77. The highest BCUT2D eigenvalue weighted by Crippen LogP contribution is 2.21. The normalized spacial score (nSPS) is 10.9. The van der Waals surface area contributed by atoms with Crippen molar-refractivity contribution in [2.75, 3.05) is 5.73 Å². The number of carbonyl (C=O) groups is 1. The summed E-state index contributed by atoms with van der Waals surface area (Å²) in [7, 11) is 0. The van der Waals surface area contributed by atoms with E-state index < -0.39 is 5.91 Å². The zero-order valence-electron chi connectivity index (χ0n) is 11.3. The molecule has 6 heteroatoms. The minimum atomic E-state index is -0.418. The molecule has 0 aliphatic carbocycles. The van der Waals surface area contributed by atoms with Gasteiger partial charge in [0.2, 0.25) is 5.91 Å². The van der Waals surface area contributed by atoms with E-state index in [1.807, 2.05) is 36.4 Å². The van der Waals surface area contributed by atoms with Crippen LogP contribution in [0.2, 0.25) is 5.15 Å². The molecular weight excluding hydrogens is 288 g/mol. The predicted octanol–water partition coefficient (Wildman–Crippen LogP) is 2.30. The topological polar surface area (TPSA) is 94.9 Å². The Kier molecular flexibility index (Phi) is 4.90. The molecule has 4 N–H and O–H groups in total. The van der Waals surface area contributed by atoms with Crippen LogP contribution in [0, 0.1) is 0 Å². The van der Waals surface area contributed by atoms with E-state index in [0.29, 0.717) is 17.8 Å². The molecule has 0 unspecified atom stereocenters. The van der Waals surface area contributed by atoms with Crippen LogP contribution in [-0.2, 0) is 11.2 Å². The van der Waals surface area contributed by atoms with Crippen molar-refractivity contribution in [3.05, 3.63) is 52.4 Å². The first kappa shape index (κ1) is 15.0. The Morgan fingerprint density at radius 1 is 1.19 bits per heavy atom. The number of primary amides is 1. The fraction of sp³-hybridized carbons (Fsp3) is 0.133. The molecular formula is C15H15ClN4O. The van der Waals surface area contributed by atoms with Crippen LogP contribution in [0.5, 0.6) is 0 Å². The molecule has 2 rings (SSSR count). The van der Waals surface area contributed by atoms with Gasteiger partial charge in [0.15, 0.2) is 5.82 Å². The fourth-order valence-corrected chi connectivity index (χ4v) is 2.06. The third kappa shape index (κ3) is 4.29. The summed E-state index contributed by atoms with van der Waals surface area (Å²) < 4.78 is 0. The van der Waals surface area contributed by atoms with Crippen molar-refractivity contribution in [1.29, 1.82) is 0 Å². The molecule has 1 heterocycles. The fourth-order valence-electron chi connectivity index (χ4n) is 1.78. The van der Waals surface area contributed by atoms with Crippen LogP contribution in [0.1, 0.15) is 23.4 Å². The maximum atomic E-state index is 10.8. The summed E-state index contributed by atoms with van der Waals surface area (Å²) in [6.07, 6.45) is 4.10. The van der Waals surface area contributed by atoms with E-state index in [0.717, 1.165) is 5.56 Å². The number of hydrogen-bond acceptors (Lipinski definition) is 4. The summed E-state index contributed by atoms with van der Waals surface area (Å²) in [5, 5.41) is 0.247. The number of halogens is 1. The van der Waals surface area contributed by atoms with Gasteiger partial charge in [0.1, 0.15) is 11.0 Å². The van der Waals surface area contributed by atoms with Crippen LogP contribution in [0.4, 0.5) is 5.82 Å². The van der Waals surface area contributed by atoms with Crippen LogP contribution < -0.4 is 11.5 Å². The van der Waals surface area contributed by atoms with E-state index in [2.05, 4.69) is 9.97 Å². The molecule has 5 nitrogen and oxygen atoms in total. The third-order valence-electron chi connectivity index (χ3n) is 2.85. The first-order valence-electron chi connectivity index (χ1n) is 6.39. The number of nitrogen functional groups attached to an aromatic ring is 1. The Morgan fingerprint density at radius 2 is 1.90 bits per heavy atom. The van der Waals surface area contributed by atoms with E-state index in [4.69, 9.17) is 23.1 Å². The van der Waals surface area contributed by atoms with Gasteiger partial charge in [-0.05, 0) is 18.1 Å². The highest BCUT2D eigenvalue weighted by atomic mass is 35.5. The summed E-state index contributed by atoms with van der Waals surface area (Å²) >= 11 is 6.08. The Balaban J connectivity index is 2.19. The molecule has 1 amide bonds. The number of benzene rings is 1. The second-order valence-electron chi connectivity index (χ2n) is 4.45. The van der Waals surface area contributed by atoms with Gasteiger partial charge in [-0.2, -0.15) is 0 Å². The van der Waals surface area contributed by atoms with Gasteiger partial charge in [-0.25, -0.2) is 9.97 Å². The molecule has 1 aromatic heterocycles. The highest BCUT2D eigenvalue weighted by molar-refractivity contribution is 6.30. The molecule has 108 valence electrons. The Labute approximate surface area is 127 Å². The second kappa shape index (κ2) is 6.85. The van der Waals surface area contributed by atoms with E-state index in [1.165, 1.54) is 0 Å². The predicted molar refractivity (Wildman–Crippen MR) is 84.3 cm³/mol. The van der Waals surface area contributed by atoms with Crippen LogP contribution >= 0.6 is 11.6 Å². The van der Waals surface area contributed by atoms with Gasteiger partial charge in [0.25, 0.3) is 0 Å². The van der Waals surface area contributed by atoms with Gasteiger partial charge < -0.3 is 11.5 Å². The monoisotopic (exact) mass is 302 g/mol. The van der Waals surface area contributed by atoms with Crippen LogP contribution in [-0.4, -0.2) is 15.9 Å². The number of hydrogen-bond donors (Lipinski definition) is 2. The molecule has 0 fully saturated rings. The van der Waals surface area contributed by atoms with Crippen molar-refractivity contribution in [2.45, 2.75) is 12.8 Å². The third-order valence-corrected chi connectivity index (χ3v) is 3.16. The summed E-state index contributed by atoms with van der Waals surface area (Å²) in [4.78, 5) is 19.1. The van der Waals surface area contributed by atoms with Gasteiger partial charge in [-0.15, -0.1) is 0 Å². The number of anilines is 1. The molecule has 21 heavy (non-hydrogen) atoms. The quantitative estimate of drug-likeness (QED) is 0.828. The maximum absolute atomic E-state index is 10.8. The number of aromatic nitrogens is 2. The summed E-state index contributed by atoms with van der Waals surface area (Å²) in [5.74, 6) is 0.270. The number of carbonyl (C=O) groups excluding carboxylic acids is 1. The average Bonchev–Trinajstić information content (AvgIpc) is 2.45. The van der Waals surface area contributed by atoms with Crippen molar-refractivity contribution in [3.8, 4) is 0 Å². The van der Waals surface area contributed by atoms with Crippen molar-refractivity contribution >= 4 is 35.5 Å². The molecule has 2 aromatic rings. The smallest absolute Gasteiger partial charge is 0.217 e. The van der Waals surface area contributed by atoms with Crippen LogP contribution in [0.3, 0.4) is 0 Å². The number of nitrogens with two attached hydrogens (primary N) is 2. The lowest BCUT2D eigenvalue weighted by Gasteiger charge is -2.06. The van der Waals surface area contributed by atoms with Crippen LogP contribution in [0.25, 0.3) is 12.2 Å². The Bertz CT molecular complexity index is 648. The summed E-state index contributed by atoms with van der Waals surface area (Å²) in [6.45, 7) is 0. The van der Waals surface area contributed by atoms with Crippen molar-refractivity contribution in [3.63, 3.8) is 0 Å². The van der Waals surface area contributed by atoms with E-state index in [9.17, 15) is 4.79 Å². The molecule has 0 saturated carbocycles. The lowest BCUT2D eigenvalue weighted by atomic mass is 10.1. The summed E-state index contributed by atoms with van der Waals surface area (Å²) in [6, 6.07) is 9.74. The lowest BCUT2D eigenvalue weighted by molar-refractivity contribution is -0.117. The van der Waals surface area contributed by atoms with Gasteiger partial charge in [0.05, 0.1) is 0 Å². The molecule has 0 radical (unpaired) electrons. The number of nitrogens with zero attached hydrogens (tertiary/aromatic N) is 2. The second-order valence-corrected chi connectivity index (χ2v) is 4.80. The first-order chi connectivity index (χ1) is 10.1. The Morgan fingerprint density at radius 3 is 2.52 bits per heavy atom. The van der Waals surface area contributed by atoms with Crippen molar-refractivity contribution < 1.29 is 4.79 Å². The van der Waals surface area contributed by atoms with Gasteiger partial charge in [-0.3, -0.25) is 4.79 Å². The molecule has 0 bridgehead atoms.